The summed E-state index contributed by atoms with van der Waals surface area (Å²) >= 11 is 0. The summed E-state index contributed by atoms with van der Waals surface area (Å²) in [5, 5.41) is 23.9. The maximum absolute atomic E-state index is 9.03. The first-order valence-corrected chi connectivity index (χ1v) is 4.38. The SMILES string of the molecule is Cn1nnc(CNC2CC(O)C2)n1. The number of aliphatic hydroxyl groups is 1. The van der Waals surface area contributed by atoms with Crippen LogP contribution in [0.4, 0.5) is 0 Å². The van der Waals surface area contributed by atoms with Gasteiger partial charge in [-0.25, -0.2) is 0 Å². The van der Waals surface area contributed by atoms with E-state index >= 15 is 0 Å². The van der Waals surface area contributed by atoms with Gasteiger partial charge in [0.05, 0.1) is 19.7 Å². The van der Waals surface area contributed by atoms with Crippen LogP contribution < -0.4 is 5.32 Å². The van der Waals surface area contributed by atoms with Gasteiger partial charge in [0.1, 0.15) is 0 Å². The molecule has 1 aromatic rings. The van der Waals surface area contributed by atoms with Crippen molar-refractivity contribution in [2.45, 2.75) is 31.5 Å². The van der Waals surface area contributed by atoms with Crippen LogP contribution in [0.15, 0.2) is 0 Å². The van der Waals surface area contributed by atoms with Crippen LogP contribution >= 0.6 is 0 Å². The van der Waals surface area contributed by atoms with Crippen LogP contribution in [0.3, 0.4) is 0 Å². The van der Waals surface area contributed by atoms with E-state index in [1.54, 1.807) is 7.05 Å². The minimum Gasteiger partial charge on any atom is -0.393 e. The summed E-state index contributed by atoms with van der Waals surface area (Å²) in [5.41, 5.74) is 0. The lowest BCUT2D eigenvalue weighted by molar-refractivity contribution is 0.0616. The fraction of sp³-hybridized carbons (Fsp3) is 0.857. The Kier molecular flexibility index (Phi) is 2.24. The van der Waals surface area contributed by atoms with E-state index in [0.717, 1.165) is 12.8 Å². The van der Waals surface area contributed by atoms with Crippen LogP contribution in [0.5, 0.6) is 0 Å². The number of aliphatic hydroxyl groups excluding tert-OH is 1. The molecule has 0 aromatic carbocycles. The van der Waals surface area contributed by atoms with Gasteiger partial charge in [0, 0.05) is 6.04 Å². The van der Waals surface area contributed by atoms with Gasteiger partial charge in [-0.1, -0.05) is 0 Å². The molecule has 72 valence electrons. The molecule has 0 unspecified atom stereocenters. The van der Waals surface area contributed by atoms with Crippen molar-refractivity contribution in [2.75, 3.05) is 0 Å². The molecular weight excluding hydrogens is 170 g/mol. The van der Waals surface area contributed by atoms with Gasteiger partial charge in [0.2, 0.25) is 0 Å². The van der Waals surface area contributed by atoms with E-state index in [-0.39, 0.29) is 6.10 Å². The fourth-order valence-electron chi connectivity index (χ4n) is 1.38. The molecule has 6 nitrogen and oxygen atoms in total. The molecule has 0 aliphatic heterocycles. The number of tetrazole rings is 1. The van der Waals surface area contributed by atoms with Gasteiger partial charge in [-0.05, 0) is 18.1 Å². The minimum absolute atomic E-state index is 0.118. The Hall–Kier alpha value is -1.01. The summed E-state index contributed by atoms with van der Waals surface area (Å²) < 4.78 is 0. The first-order valence-electron chi connectivity index (χ1n) is 4.38. The molecule has 1 aliphatic carbocycles. The molecule has 0 bridgehead atoms. The number of nitrogens with zero attached hydrogens (tertiary/aromatic N) is 4. The fourth-order valence-corrected chi connectivity index (χ4v) is 1.38. The lowest BCUT2D eigenvalue weighted by Gasteiger charge is -2.31. The highest BCUT2D eigenvalue weighted by atomic mass is 16.3. The van der Waals surface area contributed by atoms with Crippen LogP contribution in [0.25, 0.3) is 0 Å². The highest BCUT2D eigenvalue weighted by Gasteiger charge is 2.26. The van der Waals surface area contributed by atoms with Crippen molar-refractivity contribution in [3.05, 3.63) is 5.82 Å². The zero-order valence-corrected chi connectivity index (χ0v) is 7.51. The Labute approximate surface area is 75.9 Å². The smallest absolute Gasteiger partial charge is 0.188 e. The molecule has 6 heteroatoms. The van der Waals surface area contributed by atoms with Crippen LogP contribution in [-0.4, -0.2) is 37.5 Å². The van der Waals surface area contributed by atoms with Crippen molar-refractivity contribution in [1.82, 2.24) is 25.5 Å². The molecular formula is C7H13N5O. The summed E-state index contributed by atoms with van der Waals surface area (Å²) in [4.78, 5) is 1.44. The highest BCUT2D eigenvalue weighted by Crippen LogP contribution is 2.19. The Balaban J connectivity index is 1.74. The quantitative estimate of drug-likeness (QED) is 0.617. The Morgan fingerprint density at radius 2 is 2.38 bits per heavy atom. The first kappa shape index (κ1) is 8.58. The second kappa shape index (κ2) is 3.39. The topological polar surface area (TPSA) is 75.9 Å². The van der Waals surface area contributed by atoms with Gasteiger partial charge < -0.3 is 10.4 Å². The maximum atomic E-state index is 9.03. The predicted molar refractivity (Wildman–Crippen MR) is 44.7 cm³/mol. The van der Waals surface area contributed by atoms with Crippen molar-refractivity contribution < 1.29 is 5.11 Å². The molecule has 0 radical (unpaired) electrons. The van der Waals surface area contributed by atoms with Crippen molar-refractivity contribution in [3.63, 3.8) is 0 Å². The average Bonchev–Trinajstić information content (AvgIpc) is 2.43. The van der Waals surface area contributed by atoms with Crippen LogP contribution in [0.2, 0.25) is 0 Å². The number of rotatable bonds is 3. The summed E-state index contributed by atoms with van der Waals surface area (Å²) in [6.45, 7) is 0.630. The average molecular weight is 183 g/mol. The number of nitrogens with one attached hydrogen (secondary N) is 1. The molecule has 0 amide bonds. The number of aryl methyl sites for hydroxylation is 1. The summed E-state index contributed by atoms with van der Waals surface area (Å²) in [6.07, 6.45) is 1.55. The van der Waals surface area contributed by atoms with Crippen molar-refractivity contribution in [2.24, 2.45) is 7.05 Å². The van der Waals surface area contributed by atoms with Crippen molar-refractivity contribution >= 4 is 0 Å². The largest absolute Gasteiger partial charge is 0.393 e. The summed E-state index contributed by atoms with van der Waals surface area (Å²) in [7, 11) is 1.74. The Bertz CT molecular complexity index is 280. The second-order valence-electron chi connectivity index (χ2n) is 3.40. The Morgan fingerprint density at radius 1 is 1.62 bits per heavy atom. The lowest BCUT2D eigenvalue weighted by atomic mass is 9.89. The molecule has 1 aliphatic rings. The van der Waals surface area contributed by atoms with Crippen LogP contribution in [-0.2, 0) is 13.6 Å². The number of aromatic nitrogens is 4. The first-order chi connectivity index (χ1) is 6.24. The monoisotopic (exact) mass is 183 g/mol. The van der Waals surface area contributed by atoms with Crippen LogP contribution in [0.1, 0.15) is 18.7 Å². The zero-order valence-electron chi connectivity index (χ0n) is 7.51. The van der Waals surface area contributed by atoms with Gasteiger partial charge in [-0.15, -0.1) is 10.2 Å². The molecule has 2 N–H and O–H groups in total. The van der Waals surface area contributed by atoms with Gasteiger partial charge in [-0.3, -0.25) is 0 Å². The van der Waals surface area contributed by atoms with E-state index < -0.39 is 0 Å². The molecule has 13 heavy (non-hydrogen) atoms. The van der Waals surface area contributed by atoms with E-state index in [9.17, 15) is 0 Å². The predicted octanol–water partition coefficient (Wildman–Crippen LogP) is -1.18. The summed E-state index contributed by atoms with van der Waals surface area (Å²) in [5.74, 6) is 0.698. The molecule has 1 saturated carbocycles. The van der Waals surface area contributed by atoms with Gasteiger partial charge >= 0.3 is 0 Å². The lowest BCUT2D eigenvalue weighted by Crippen LogP contribution is -2.43. The molecule has 0 saturated heterocycles. The zero-order chi connectivity index (χ0) is 9.26. The molecule has 1 heterocycles. The highest BCUT2D eigenvalue weighted by molar-refractivity contribution is 4.86. The third-order valence-corrected chi connectivity index (χ3v) is 2.21. The van der Waals surface area contributed by atoms with Gasteiger partial charge in [-0.2, -0.15) is 4.80 Å². The van der Waals surface area contributed by atoms with Crippen molar-refractivity contribution in [3.8, 4) is 0 Å². The summed E-state index contributed by atoms with van der Waals surface area (Å²) in [6, 6.07) is 0.416. The number of hydrogen-bond donors (Lipinski definition) is 2. The Morgan fingerprint density at radius 3 is 2.92 bits per heavy atom. The van der Waals surface area contributed by atoms with Crippen LogP contribution in [0, 0.1) is 0 Å². The van der Waals surface area contributed by atoms with E-state index in [1.165, 1.54) is 4.80 Å². The van der Waals surface area contributed by atoms with E-state index in [2.05, 4.69) is 20.7 Å². The molecule has 1 aromatic heterocycles. The third-order valence-electron chi connectivity index (χ3n) is 2.21. The number of hydrogen-bond acceptors (Lipinski definition) is 5. The second-order valence-corrected chi connectivity index (χ2v) is 3.40. The maximum Gasteiger partial charge on any atom is 0.188 e. The molecule has 0 spiro atoms. The molecule has 0 atom stereocenters. The minimum atomic E-state index is -0.118. The van der Waals surface area contributed by atoms with E-state index in [1.807, 2.05) is 0 Å². The standard InChI is InChI=1S/C7H13N5O/c1-12-10-7(9-11-12)4-8-5-2-6(13)3-5/h5-6,8,13H,2-4H2,1H3. The third kappa shape index (κ3) is 2.02. The van der Waals surface area contributed by atoms with Crippen molar-refractivity contribution in [1.29, 1.82) is 0 Å². The molecule has 2 rings (SSSR count). The van der Waals surface area contributed by atoms with E-state index in [4.69, 9.17) is 5.11 Å². The van der Waals surface area contributed by atoms with E-state index in [0.29, 0.717) is 18.4 Å². The van der Waals surface area contributed by atoms with Gasteiger partial charge in [0.15, 0.2) is 5.82 Å². The van der Waals surface area contributed by atoms with Gasteiger partial charge in [0.25, 0.3) is 0 Å². The normalized spacial score (nSPS) is 27.2. The molecule has 1 fully saturated rings.